The summed E-state index contributed by atoms with van der Waals surface area (Å²) in [5, 5.41) is 5.46. The van der Waals surface area contributed by atoms with Gasteiger partial charge in [0.25, 0.3) is 11.5 Å². The number of likely N-dealkylation sites (tertiary alicyclic amines) is 1. The van der Waals surface area contributed by atoms with Crippen LogP contribution in [0.15, 0.2) is 47.4 Å². The molecule has 1 atom stereocenters. The van der Waals surface area contributed by atoms with E-state index in [2.05, 4.69) is 22.5 Å². The minimum atomic E-state index is -0.531. The molecule has 3 rings (SSSR count). The fourth-order valence-electron chi connectivity index (χ4n) is 3.72. The smallest absolute Gasteiger partial charge is 0.263 e. The topological polar surface area (TPSA) is 83.4 Å². The third kappa shape index (κ3) is 6.49. The standard InChI is InChI=1S/C23H29FN4O3/c1-17(27-12-4-2-3-5-13-27)15-25-22(30)20-7-6-14-28(23(20)31)16-21(29)26-19-10-8-18(24)9-11-19/h6-11,14,17H,2-5,12-13,15-16H2,1H3,(H,25,30)(H,26,29). The molecule has 2 heterocycles. The number of pyridine rings is 1. The zero-order chi connectivity index (χ0) is 22.2. The number of halogens is 1. The lowest BCUT2D eigenvalue weighted by molar-refractivity contribution is -0.116. The van der Waals surface area contributed by atoms with Crippen molar-refractivity contribution in [1.82, 2.24) is 14.8 Å². The molecule has 31 heavy (non-hydrogen) atoms. The highest BCUT2D eigenvalue weighted by Gasteiger charge is 2.18. The van der Waals surface area contributed by atoms with E-state index in [0.717, 1.165) is 13.1 Å². The second-order valence-electron chi connectivity index (χ2n) is 7.92. The van der Waals surface area contributed by atoms with Gasteiger partial charge in [0.15, 0.2) is 0 Å². The first kappa shape index (κ1) is 22.7. The van der Waals surface area contributed by atoms with Gasteiger partial charge in [-0.25, -0.2) is 4.39 Å². The van der Waals surface area contributed by atoms with E-state index in [0.29, 0.717) is 12.2 Å². The Hall–Kier alpha value is -3.00. The molecule has 1 unspecified atom stereocenters. The molecule has 1 aromatic heterocycles. The van der Waals surface area contributed by atoms with Gasteiger partial charge >= 0.3 is 0 Å². The molecule has 0 bridgehead atoms. The number of rotatable bonds is 7. The lowest BCUT2D eigenvalue weighted by atomic mass is 10.2. The molecule has 1 saturated heterocycles. The van der Waals surface area contributed by atoms with Crippen molar-refractivity contribution >= 4 is 17.5 Å². The van der Waals surface area contributed by atoms with Gasteiger partial charge in [0.1, 0.15) is 17.9 Å². The average molecular weight is 429 g/mol. The van der Waals surface area contributed by atoms with Crippen LogP contribution in [0.25, 0.3) is 0 Å². The number of hydrogen-bond acceptors (Lipinski definition) is 4. The van der Waals surface area contributed by atoms with Crippen molar-refractivity contribution in [2.45, 2.75) is 45.2 Å². The summed E-state index contributed by atoms with van der Waals surface area (Å²) >= 11 is 0. The second-order valence-corrected chi connectivity index (χ2v) is 7.92. The number of benzene rings is 1. The van der Waals surface area contributed by atoms with Crippen molar-refractivity contribution < 1.29 is 14.0 Å². The van der Waals surface area contributed by atoms with E-state index >= 15 is 0 Å². The van der Waals surface area contributed by atoms with Gasteiger partial charge in [-0.1, -0.05) is 12.8 Å². The number of carbonyl (C=O) groups is 2. The summed E-state index contributed by atoms with van der Waals surface area (Å²) in [6.07, 6.45) is 6.29. The first-order chi connectivity index (χ1) is 14.9. The Morgan fingerprint density at radius 1 is 1.06 bits per heavy atom. The number of nitrogens with zero attached hydrogens (tertiary/aromatic N) is 2. The van der Waals surface area contributed by atoms with Gasteiger partial charge in [-0.3, -0.25) is 19.3 Å². The molecular weight excluding hydrogens is 399 g/mol. The van der Waals surface area contributed by atoms with E-state index in [1.165, 1.54) is 66.8 Å². The molecule has 0 saturated carbocycles. The maximum Gasteiger partial charge on any atom is 0.263 e. The first-order valence-corrected chi connectivity index (χ1v) is 10.7. The molecule has 0 radical (unpaired) electrons. The van der Waals surface area contributed by atoms with E-state index in [4.69, 9.17) is 0 Å². The van der Waals surface area contributed by atoms with Gasteiger partial charge in [0.05, 0.1) is 0 Å². The van der Waals surface area contributed by atoms with E-state index in [9.17, 15) is 18.8 Å². The molecule has 1 aliphatic rings. The Kier molecular flexibility index (Phi) is 7.94. The van der Waals surface area contributed by atoms with Gasteiger partial charge in [-0.2, -0.15) is 0 Å². The number of nitrogens with one attached hydrogen (secondary N) is 2. The Labute approximate surface area is 181 Å². The fourth-order valence-corrected chi connectivity index (χ4v) is 3.72. The Morgan fingerprint density at radius 2 is 1.74 bits per heavy atom. The van der Waals surface area contributed by atoms with Crippen LogP contribution < -0.4 is 16.2 Å². The number of aromatic nitrogens is 1. The fraction of sp³-hybridized carbons (Fsp3) is 0.435. The molecule has 1 aromatic carbocycles. The van der Waals surface area contributed by atoms with E-state index in [1.807, 2.05) is 0 Å². The summed E-state index contributed by atoms with van der Waals surface area (Å²) in [6.45, 7) is 4.34. The van der Waals surface area contributed by atoms with Crippen molar-refractivity contribution in [2.75, 3.05) is 25.0 Å². The summed E-state index contributed by atoms with van der Waals surface area (Å²) in [7, 11) is 0. The van der Waals surface area contributed by atoms with Crippen LogP contribution in [0.4, 0.5) is 10.1 Å². The molecule has 2 amide bonds. The number of hydrogen-bond donors (Lipinski definition) is 2. The van der Waals surface area contributed by atoms with Crippen molar-refractivity contribution in [2.24, 2.45) is 0 Å². The van der Waals surface area contributed by atoms with Crippen LogP contribution in [0.5, 0.6) is 0 Å². The zero-order valence-corrected chi connectivity index (χ0v) is 17.8. The highest BCUT2D eigenvalue weighted by molar-refractivity contribution is 5.94. The van der Waals surface area contributed by atoms with E-state index < -0.39 is 23.2 Å². The molecule has 7 nitrogen and oxygen atoms in total. The van der Waals surface area contributed by atoms with Crippen LogP contribution in [-0.4, -0.2) is 47.0 Å². The van der Waals surface area contributed by atoms with Gasteiger partial charge in [0, 0.05) is 24.5 Å². The molecule has 2 aromatic rings. The number of amides is 2. The normalized spacial score (nSPS) is 15.7. The molecule has 0 spiro atoms. The first-order valence-electron chi connectivity index (χ1n) is 10.7. The highest BCUT2D eigenvalue weighted by atomic mass is 19.1. The molecular formula is C23H29FN4O3. The van der Waals surface area contributed by atoms with Gasteiger partial charge in [0.2, 0.25) is 5.91 Å². The summed E-state index contributed by atoms with van der Waals surface area (Å²) in [5.74, 6) is -1.29. The van der Waals surface area contributed by atoms with Crippen molar-refractivity contribution in [3.05, 3.63) is 64.3 Å². The minimum Gasteiger partial charge on any atom is -0.350 e. The largest absolute Gasteiger partial charge is 0.350 e. The van der Waals surface area contributed by atoms with Crippen LogP contribution in [0.1, 0.15) is 43.0 Å². The Morgan fingerprint density at radius 3 is 2.42 bits per heavy atom. The molecule has 2 N–H and O–H groups in total. The van der Waals surface area contributed by atoms with Gasteiger partial charge in [-0.05, 0) is 69.3 Å². The van der Waals surface area contributed by atoms with Crippen molar-refractivity contribution in [3.63, 3.8) is 0 Å². The van der Waals surface area contributed by atoms with Crippen LogP contribution in [-0.2, 0) is 11.3 Å². The molecule has 1 aliphatic heterocycles. The molecule has 166 valence electrons. The second kappa shape index (κ2) is 10.9. The minimum absolute atomic E-state index is 0.000138. The van der Waals surface area contributed by atoms with Crippen LogP contribution >= 0.6 is 0 Å². The molecule has 0 aliphatic carbocycles. The van der Waals surface area contributed by atoms with Crippen molar-refractivity contribution in [1.29, 1.82) is 0 Å². The zero-order valence-electron chi connectivity index (χ0n) is 17.8. The van der Waals surface area contributed by atoms with Crippen molar-refractivity contribution in [3.8, 4) is 0 Å². The van der Waals surface area contributed by atoms with Gasteiger partial charge in [-0.15, -0.1) is 0 Å². The summed E-state index contributed by atoms with van der Waals surface area (Å²) in [4.78, 5) is 39.9. The van der Waals surface area contributed by atoms with Crippen LogP contribution in [0.2, 0.25) is 0 Å². The maximum atomic E-state index is 13.0. The summed E-state index contributed by atoms with van der Waals surface area (Å²) in [6, 6.07) is 8.56. The monoisotopic (exact) mass is 428 g/mol. The maximum absolute atomic E-state index is 13.0. The van der Waals surface area contributed by atoms with Gasteiger partial charge < -0.3 is 15.2 Å². The van der Waals surface area contributed by atoms with E-state index in [1.54, 1.807) is 6.07 Å². The predicted octanol–water partition coefficient (Wildman–Crippen LogP) is 2.62. The predicted molar refractivity (Wildman–Crippen MR) is 118 cm³/mol. The third-order valence-electron chi connectivity index (χ3n) is 5.53. The van der Waals surface area contributed by atoms with E-state index in [-0.39, 0.29) is 18.2 Å². The molecule has 8 heteroatoms. The summed E-state index contributed by atoms with van der Waals surface area (Å²) in [5.41, 5.74) is -0.104. The third-order valence-corrected chi connectivity index (χ3v) is 5.53. The number of carbonyl (C=O) groups excluding carboxylic acids is 2. The lowest BCUT2D eigenvalue weighted by Gasteiger charge is -2.27. The average Bonchev–Trinajstić information content (AvgIpc) is 3.04. The number of anilines is 1. The Bertz CT molecular complexity index is 950. The Balaban J connectivity index is 1.58. The van der Waals surface area contributed by atoms with Crippen LogP contribution in [0, 0.1) is 5.82 Å². The quantitative estimate of drug-likeness (QED) is 0.710. The SMILES string of the molecule is CC(CNC(=O)c1cccn(CC(=O)Nc2ccc(F)cc2)c1=O)N1CCCCCC1. The molecule has 1 fully saturated rings. The lowest BCUT2D eigenvalue weighted by Crippen LogP contribution is -2.44. The highest BCUT2D eigenvalue weighted by Crippen LogP contribution is 2.12. The summed E-state index contributed by atoms with van der Waals surface area (Å²) < 4.78 is 14.2. The van der Waals surface area contributed by atoms with Crippen LogP contribution in [0.3, 0.4) is 0 Å².